The first-order chi connectivity index (χ1) is 9.08. The van der Waals surface area contributed by atoms with Crippen molar-refractivity contribution in [1.29, 1.82) is 0 Å². The van der Waals surface area contributed by atoms with Crippen molar-refractivity contribution in [3.05, 3.63) is 58.5 Å². The normalized spacial score (nSPS) is 10.2. The van der Waals surface area contributed by atoms with Crippen LogP contribution >= 0.6 is 11.6 Å². The molecule has 19 heavy (non-hydrogen) atoms. The molecule has 2 aromatic rings. The van der Waals surface area contributed by atoms with Crippen LogP contribution in [0.15, 0.2) is 36.5 Å². The molecule has 0 unspecified atom stereocenters. The van der Waals surface area contributed by atoms with E-state index >= 15 is 0 Å². The van der Waals surface area contributed by atoms with Crippen LogP contribution in [0.5, 0.6) is 0 Å². The largest absolute Gasteiger partial charge is 0.381 e. The standard InChI is InChI=1S/C13H11ClFN3O/c14-9-3-1-2-8(6-9)7-18-13(19)10-4-5-17-12(16)11(10)15/h1-6H,7H2,(H2,16,17)(H,18,19). The quantitative estimate of drug-likeness (QED) is 0.906. The van der Waals surface area contributed by atoms with Gasteiger partial charge in [-0.2, -0.15) is 0 Å². The van der Waals surface area contributed by atoms with E-state index in [1.165, 1.54) is 12.3 Å². The number of carbonyl (C=O) groups is 1. The highest BCUT2D eigenvalue weighted by Crippen LogP contribution is 2.13. The van der Waals surface area contributed by atoms with Crippen molar-refractivity contribution in [1.82, 2.24) is 10.3 Å². The molecule has 0 spiro atoms. The second-order valence-corrected chi connectivity index (χ2v) is 4.31. The Balaban J connectivity index is 2.08. The number of amides is 1. The zero-order chi connectivity index (χ0) is 13.8. The van der Waals surface area contributed by atoms with E-state index in [2.05, 4.69) is 10.3 Å². The fourth-order valence-corrected chi connectivity index (χ4v) is 1.77. The Morgan fingerprint density at radius 3 is 2.95 bits per heavy atom. The maximum Gasteiger partial charge on any atom is 0.254 e. The smallest absolute Gasteiger partial charge is 0.254 e. The minimum atomic E-state index is -0.814. The van der Waals surface area contributed by atoms with E-state index in [-0.39, 0.29) is 17.9 Å². The lowest BCUT2D eigenvalue weighted by molar-refractivity contribution is 0.0947. The topological polar surface area (TPSA) is 68.0 Å². The average Bonchev–Trinajstić information content (AvgIpc) is 2.39. The van der Waals surface area contributed by atoms with Crippen LogP contribution < -0.4 is 11.1 Å². The summed E-state index contributed by atoms with van der Waals surface area (Å²) in [6.07, 6.45) is 1.28. The third-order valence-corrected chi connectivity index (χ3v) is 2.74. The minimum absolute atomic E-state index is 0.130. The molecule has 0 aliphatic rings. The number of rotatable bonds is 3. The van der Waals surface area contributed by atoms with Crippen LogP contribution in [0.2, 0.25) is 5.02 Å². The Hall–Kier alpha value is -2.14. The monoisotopic (exact) mass is 279 g/mol. The predicted molar refractivity (Wildman–Crippen MR) is 71.2 cm³/mol. The van der Waals surface area contributed by atoms with Gasteiger partial charge < -0.3 is 11.1 Å². The Morgan fingerprint density at radius 1 is 1.42 bits per heavy atom. The van der Waals surface area contributed by atoms with Gasteiger partial charge in [-0.3, -0.25) is 4.79 Å². The Kier molecular flexibility index (Phi) is 3.97. The highest BCUT2D eigenvalue weighted by Gasteiger charge is 2.14. The van der Waals surface area contributed by atoms with E-state index in [9.17, 15) is 9.18 Å². The van der Waals surface area contributed by atoms with Crippen LogP contribution in [0.25, 0.3) is 0 Å². The summed E-state index contributed by atoms with van der Waals surface area (Å²) in [6.45, 7) is 0.251. The fourth-order valence-electron chi connectivity index (χ4n) is 1.56. The molecule has 0 saturated heterocycles. The first-order valence-electron chi connectivity index (χ1n) is 5.50. The van der Waals surface area contributed by atoms with Crippen molar-refractivity contribution in [2.75, 3.05) is 5.73 Å². The van der Waals surface area contributed by atoms with E-state index in [4.69, 9.17) is 17.3 Å². The molecule has 0 aliphatic carbocycles. The molecule has 1 aromatic heterocycles. The second-order valence-electron chi connectivity index (χ2n) is 3.87. The number of nitrogen functional groups attached to an aromatic ring is 1. The molecule has 1 amide bonds. The van der Waals surface area contributed by atoms with Gasteiger partial charge in [-0.15, -0.1) is 0 Å². The van der Waals surface area contributed by atoms with E-state index in [1.54, 1.807) is 18.2 Å². The number of anilines is 1. The maximum absolute atomic E-state index is 13.6. The van der Waals surface area contributed by atoms with E-state index in [0.717, 1.165) is 5.56 Å². The van der Waals surface area contributed by atoms with Gasteiger partial charge in [0.1, 0.15) is 0 Å². The molecule has 0 radical (unpaired) electrons. The summed E-state index contributed by atoms with van der Waals surface area (Å²) in [7, 11) is 0. The van der Waals surface area contributed by atoms with Crippen molar-refractivity contribution < 1.29 is 9.18 Å². The summed E-state index contributed by atoms with van der Waals surface area (Å²) in [5.74, 6) is -1.66. The third kappa shape index (κ3) is 3.20. The molecule has 1 heterocycles. The zero-order valence-corrected chi connectivity index (χ0v) is 10.6. The SMILES string of the molecule is Nc1nccc(C(=O)NCc2cccc(Cl)c2)c1F. The summed E-state index contributed by atoms with van der Waals surface area (Å²) < 4.78 is 13.6. The molecule has 0 bridgehead atoms. The predicted octanol–water partition coefficient (Wildman–Crippen LogP) is 2.39. The van der Waals surface area contributed by atoms with Crippen LogP contribution in [0.4, 0.5) is 10.2 Å². The molecule has 2 rings (SSSR count). The average molecular weight is 280 g/mol. The van der Waals surface area contributed by atoms with Crippen molar-refractivity contribution in [2.24, 2.45) is 0 Å². The van der Waals surface area contributed by atoms with Gasteiger partial charge in [0.15, 0.2) is 11.6 Å². The Morgan fingerprint density at radius 2 is 2.21 bits per heavy atom. The van der Waals surface area contributed by atoms with Gasteiger partial charge in [0, 0.05) is 17.8 Å². The number of carbonyl (C=O) groups excluding carboxylic acids is 1. The molecule has 98 valence electrons. The Labute approximate surface area is 114 Å². The molecule has 1 aromatic carbocycles. The highest BCUT2D eigenvalue weighted by atomic mass is 35.5. The number of pyridine rings is 1. The van der Waals surface area contributed by atoms with Crippen LogP contribution in [0.3, 0.4) is 0 Å². The first kappa shape index (κ1) is 13.3. The van der Waals surface area contributed by atoms with E-state index in [0.29, 0.717) is 5.02 Å². The van der Waals surface area contributed by atoms with Crippen LogP contribution in [0, 0.1) is 5.82 Å². The van der Waals surface area contributed by atoms with Crippen molar-refractivity contribution in [2.45, 2.75) is 6.54 Å². The number of hydrogen-bond donors (Lipinski definition) is 2. The van der Waals surface area contributed by atoms with Crippen molar-refractivity contribution in [3.8, 4) is 0 Å². The van der Waals surface area contributed by atoms with Crippen molar-refractivity contribution in [3.63, 3.8) is 0 Å². The molecule has 0 fully saturated rings. The molecular formula is C13H11ClFN3O. The van der Waals surface area contributed by atoms with Gasteiger partial charge in [0.25, 0.3) is 5.91 Å². The summed E-state index contributed by atoms with van der Waals surface area (Å²) in [5.41, 5.74) is 5.99. The number of benzene rings is 1. The van der Waals surface area contributed by atoms with Gasteiger partial charge in [-0.25, -0.2) is 9.37 Å². The van der Waals surface area contributed by atoms with Gasteiger partial charge in [0.05, 0.1) is 5.56 Å². The Bertz CT molecular complexity index is 619. The molecule has 0 atom stereocenters. The van der Waals surface area contributed by atoms with Gasteiger partial charge >= 0.3 is 0 Å². The molecule has 3 N–H and O–H groups in total. The summed E-state index contributed by atoms with van der Waals surface area (Å²) in [4.78, 5) is 15.4. The molecule has 0 saturated carbocycles. The molecule has 0 aliphatic heterocycles. The van der Waals surface area contributed by atoms with Crippen molar-refractivity contribution >= 4 is 23.3 Å². The van der Waals surface area contributed by atoms with Gasteiger partial charge in [0.2, 0.25) is 0 Å². The number of halogens is 2. The van der Waals surface area contributed by atoms with E-state index < -0.39 is 11.7 Å². The zero-order valence-electron chi connectivity index (χ0n) is 9.86. The third-order valence-electron chi connectivity index (χ3n) is 2.50. The molecule has 6 heteroatoms. The summed E-state index contributed by atoms with van der Waals surface area (Å²) in [5, 5.41) is 3.16. The number of nitrogens with two attached hydrogens (primary N) is 1. The summed E-state index contributed by atoms with van der Waals surface area (Å²) >= 11 is 5.83. The number of nitrogens with zero attached hydrogens (tertiary/aromatic N) is 1. The van der Waals surface area contributed by atoms with Gasteiger partial charge in [-0.1, -0.05) is 23.7 Å². The molecule has 4 nitrogen and oxygen atoms in total. The van der Waals surface area contributed by atoms with Crippen LogP contribution in [-0.4, -0.2) is 10.9 Å². The minimum Gasteiger partial charge on any atom is -0.381 e. The second kappa shape index (κ2) is 5.67. The number of aromatic nitrogens is 1. The highest BCUT2D eigenvalue weighted by molar-refractivity contribution is 6.30. The van der Waals surface area contributed by atoms with Gasteiger partial charge in [-0.05, 0) is 23.8 Å². The van der Waals surface area contributed by atoms with Crippen LogP contribution in [0.1, 0.15) is 15.9 Å². The first-order valence-corrected chi connectivity index (χ1v) is 5.88. The lowest BCUT2D eigenvalue weighted by Crippen LogP contribution is -2.24. The number of hydrogen-bond acceptors (Lipinski definition) is 3. The lowest BCUT2D eigenvalue weighted by atomic mass is 10.2. The summed E-state index contributed by atoms with van der Waals surface area (Å²) in [6, 6.07) is 8.31. The van der Waals surface area contributed by atoms with Crippen LogP contribution in [-0.2, 0) is 6.54 Å². The lowest BCUT2D eigenvalue weighted by Gasteiger charge is -2.07. The maximum atomic E-state index is 13.6. The van der Waals surface area contributed by atoms with E-state index in [1.807, 2.05) is 6.07 Å². The fraction of sp³-hybridized carbons (Fsp3) is 0.0769. The number of nitrogens with one attached hydrogen (secondary N) is 1. The molecular weight excluding hydrogens is 269 g/mol.